The summed E-state index contributed by atoms with van der Waals surface area (Å²) in [4.78, 5) is 12.2. The highest BCUT2D eigenvalue weighted by atomic mass is 35.5. The molecule has 114 valence electrons. The second-order valence-electron chi connectivity index (χ2n) is 4.32. The average molecular weight is 336 g/mol. The molecular formula is C15H14ClN3O2S. The number of methoxy groups -OCH3 is 1. The Morgan fingerprint density at radius 2 is 1.77 bits per heavy atom. The summed E-state index contributed by atoms with van der Waals surface area (Å²) in [6.45, 7) is 0. The number of nitrogens with one attached hydrogen (secondary N) is 1. The van der Waals surface area contributed by atoms with Gasteiger partial charge in [-0.15, -0.1) is 0 Å². The van der Waals surface area contributed by atoms with E-state index < -0.39 is 0 Å². The van der Waals surface area contributed by atoms with E-state index in [0.29, 0.717) is 22.0 Å². The topological polar surface area (TPSA) is 67.6 Å². The molecule has 0 aliphatic heterocycles. The van der Waals surface area contributed by atoms with Crippen molar-refractivity contribution in [3.63, 3.8) is 0 Å². The van der Waals surface area contributed by atoms with Gasteiger partial charge in [0.25, 0.3) is 5.91 Å². The second kappa shape index (κ2) is 7.11. The summed E-state index contributed by atoms with van der Waals surface area (Å²) in [5, 5.41) is 1.90. The maximum atomic E-state index is 12.2. The average Bonchev–Trinajstić information content (AvgIpc) is 2.53. The van der Waals surface area contributed by atoms with E-state index in [9.17, 15) is 4.79 Å². The molecule has 0 aromatic heterocycles. The predicted octanol–water partition coefficient (Wildman–Crippen LogP) is 2.74. The molecule has 0 unspecified atom stereocenters. The Balaban J connectivity index is 2.19. The molecule has 0 fully saturated rings. The number of rotatable bonds is 3. The molecule has 0 radical (unpaired) electrons. The van der Waals surface area contributed by atoms with Crippen molar-refractivity contribution in [1.29, 1.82) is 0 Å². The number of nitrogens with two attached hydrogens (primary N) is 1. The Morgan fingerprint density at radius 3 is 2.27 bits per heavy atom. The molecule has 3 N–H and O–H groups in total. The molecule has 2 aromatic rings. The Labute approximate surface area is 138 Å². The van der Waals surface area contributed by atoms with Crippen LogP contribution in [0.15, 0.2) is 48.5 Å². The van der Waals surface area contributed by atoms with Gasteiger partial charge in [-0.05, 0) is 60.7 Å². The van der Waals surface area contributed by atoms with E-state index in [1.807, 2.05) is 0 Å². The minimum atomic E-state index is -0.347. The van der Waals surface area contributed by atoms with E-state index in [2.05, 4.69) is 5.43 Å². The maximum Gasteiger partial charge on any atom is 0.270 e. The molecule has 5 nitrogen and oxygen atoms in total. The highest BCUT2D eigenvalue weighted by molar-refractivity contribution is 7.80. The quantitative estimate of drug-likeness (QED) is 0.667. The SMILES string of the molecule is COc1ccc(N(NC(=O)c2ccc(Cl)cc2)C(N)=S)cc1. The van der Waals surface area contributed by atoms with Crippen LogP contribution in [0.3, 0.4) is 0 Å². The number of nitrogens with zero attached hydrogens (tertiary/aromatic N) is 1. The van der Waals surface area contributed by atoms with Crippen molar-refractivity contribution in [2.24, 2.45) is 5.73 Å². The summed E-state index contributed by atoms with van der Waals surface area (Å²) in [6.07, 6.45) is 0. The summed E-state index contributed by atoms with van der Waals surface area (Å²) < 4.78 is 5.09. The Kier molecular flexibility index (Phi) is 5.19. The van der Waals surface area contributed by atoms with Crippen molar-refractivity contribution in [2.45, 2.75) is 0 Å². The van der Waals surface area contributed by atoms with Crippen LogP contribution in [-0.2, 0) is 0 Å². The fourth-order valence-electron chi connectivity index (χ4n) is 1.75. The number of benzene rings is 2. The molecule has 2 rings (SSSR count). The van der Waals surface area contributed by atoms with Gasteiger partial charge in [-0.2, -0.15) is 0 Å². The van der Waals surface area contributed by atoms with E-state index >= 15 is 0 Å². The van der Waals surface area contributed by atoms with Crippen molar-refractivity contribution >= 4 is 40.5 Å². The lowest BCUT2D eigenvalue weighted by molar-refractivity contribution is 0.0955. The molecule has 2 aromatic carbocycles. The number of amides is 1. The van der Waals surface area contributed by atoms with Crippen LogP contribution in [0, 0.1) is 0 Å². The van der Waals surface area contributed by atoms with Crippen molar-refractivity contribution in [1.82, 2.24) is 5.43 Å². The van der Waals surface area contributed by atoms with Crippen molar-refractivity contribution < 1.29 is 9.53 Å². The first kappa shape index (κ1) is 16.1. The third kappa shape index (κ3) is 3.87. The lowest BCUT2D eigenvalue weighted by atomic mass is 10.2. The van der Waals surface area contributed by atoms with Crippen LogP contribution in [0.1, 0.15) is 10.4 Å². The summed E-state index contributed by atoms with van der Waals surface area (Å²) in [5.41, 5.74) is 9.39. The maximum absolute atomic E-state index is 12.2. The van der Waals surface area contributed by atoms with Gasteiger partial charge < -0.3 is 10.5 Å². The second-order valence-corrected chi connectivity index (χ2v) is 5.17. The molecule has 22 heavy (non-hydrogen) atoms. The van der Waals surface area contributed by atoms with Crippen LogP contribution < -0.4 is 20.9 Å². The highest BCUT2D eigenvalue weighted by Crippen LogP contribution is 2.18. The number of hydrogen-bond donors (Lipinski definition) is 2. The zero-order valence-electron chi connectivity index (χ0n) is 11.7. The van der Waals surface area contributed by atoms with Gasteiger partial charge in [-0.3, -0.25) is 10.2 Å². The summed E-state index contributed by atoms with van der Waals surface area (Å²) >= 11 is 10.8. The van der Waals surface area contributed by atoms with Crippen molar-refractivity contribution in [2.75, 3.05) is 12.1 Å². The molecule has 1 amide bonds. The molecule has 0 atom stereocenters. The Morgan fingerprint density at radius 1 is 1.18 bits per heavy atom. The summed E-state index contributed by atoms with van der Waals surface area (Å²) in [6, 6.07) is 13.5. The van der Waals surface area contributed by atoms with E-state index in [-0.39, 0.29) is 11.0 Å². The van der Waals surface area contributed by atoms with Crippen LogP contribution >= 0.6 is 23.8 Å². The largest absolute Gasteiger partial charge is 0.497 e. The minimum absolute atomic E-state index is 0.0208. The molecule has 0 heterocycles. The van der Waals surface area contributed by atoms with E-state index in [0.717, 1.165) is 0 Å². The molecule has 0 aliphatic carbocycles. The van der Waals surface area contributed by atoms with Gasteiger partial charge in [0.2, 0.25) is 0 Å². The van der Waals surface area contributed by atoms with Crippen molar-refractivity contribution in [3.05, 3.63) is 59.1 Å². The first-order chi connectivity index (χ1) is 10.5. The van der Waals surface area contributed by atoms with E-state index in [1.54, 1.807) is 55.6 Å². The smallest absolute Gasteiger partial charge is 0.270 e. The standard InChI is InChI=1S/C15H14ClN3O2S/c1-21-13-8-6-12(7-9-13)19(15(17)22)18-14(20)10-2-4-11(16)5-3-10/h2-9H,1H3,(H2,17,22)(H,18,20). The van der Waals surface area contributed by atoms with Gasteiger partial charge >= 0.3 is 0 Å². The lowest BCUT2D eigenvalue weighted by Crippen LogP contribution is -2.49. The van der Waals surface area contributed by atoms with E-state index in [1.165, 1.54) is 5.01 Å². The zero-order valence-corrected chi connectivity index (χ0v) is 13.3. The number of halogens is 1. The molecule has 7 heteroatoms. The summed E-state index contributed by atoms with van der Waals surface area (Å²) in [5.74, 6) is 0.343. The molecule has 0 spiro atoms. The van der Waals surface area contributed by atoms with Gasteiger partial charge in [0, 0.05) is 10.6 Å². The Hall–Kier alpha value is -2.31. The van der Waals surface area contributed by atoms with E-state index in [4.69, 9.17) is 34.3 Å². The van der Waals surface area contributed by atoms with Gasteiger partial charge in [-0.25, -0.2) is 5.01 Å². The van der Waals surface area contributed by atoms with Gasteiger partial charge in [-0.1, -0.05) is 11.6 Å². The lowest BCUT2D eigenvalue weighted by Gasteiger charge is -2.23. The number of hydrazine groups is 1. The number of hydrogen-bond acceptors (Lipinski definition) is 3. The number of thiocarbonyl (C=S) groups is 1. The molecule has 0 saturated carbocycles. The number of carbonyl (C=O) groups excluding carboxylic acids is 1. The molecule has 0 saturated heterocycles. The monoisotopic (exact) mass is 335 g/mol. The van der Waals surface area contributed by atoms with Crippen LogP contribution in [0.5, 0.6) is 5.75 Å². The minimum Gasteiger partial charge on any atom is -0.497 e. The summed E-state index contributed by atoms with van der Waals surface area (Å²) in [7, 11) is 1.57. The number of ether oxygens (including phenoxy) is 1. The number of anilines is 1. The van der Waals surface area contributed by atoms with Crippen LogP contribution in [0.4, 0.5) is 5.69 Å². The molecular weight excluding hydrogens is 322 g/mol. The van der Waals surface area contributed by atoms with Gasteiger partial charge in [0.15, 0.2) is 5.11 Å². The fourth-order valence-corrected chi connectivity index (χ4v) is 2.02. The third-order valence-corrected chi connectivity index (χ3v) is 3.31. The highest BCUT2D eigenvalue weighted by Gasteiger charge is 2.14. The van der Waals surface area contributed by atoms with Crippen molar-refractivity contribution in [3.8, 4) is 5.75 Å². The van der Waals surface area contributed by atoms with Crippen LogP contribution in [-0.4, -0.2) is 18.1 Å². The van der Waals surface area contributed by atoms with Crippen LogP contribution in [0.2, 0.25) is 5.02 Å². The number of carbonyl (C=O) groups is 1. The third-order valence-electron chi connectivity index (χ3n) is 2.87. The molecule has 0 aliphatic rings. The van der Waals surface area contributed by atoms with Gasteiger partial charge in [0.05, 0.1) is 12.8 Å². The predicted molar refractivity (Wildman–Crippen MR) is 91.2 cm³/mol. The normalized spacial score (nSPS) is 9.91. The first-order valence-corrected chi connectivity index (χ1v) is 7.10. The molecule has 0 bridgehead atoms. The van der Waals surface area contributed by atoms with Gasteiger partial charge in [0.1, 0.15) is 5.75 Å². The van der Waals surface area contributed by atoms with Crippen LogP contribution in [0.25, 0.3) is 0 Å². The Bertz CT molecular complexity index is 674. The fraction of sp³-hybridized carbons (Fsp3) is 0.0667. The first-order valence-electron chi connectivity index (χ1n) is 6.31. The zero-order chi connectivity index (χ0) is 16.1.